The molecule has 0 saturated carbocycles. The molecule has 1 N–H and O–H groups in total. The summed E-state index contributed by atoms with van der Waals surface area (Å²) in [7, 11) is 0. The first kappa shape index (κ1) is 7.80. The molecule has 1 rings (SSSR count). The van der Waals surface area contributed by atoms with Crippen LogP contribution in [0.1, 0.15) is 26.2 Å². The van der Waals surface area contributed by atoms with E-state index in [1.165, 1.54) is 25.8 Å². The lowest BCUT2D eigenvalue weighted by Crippen LogP contribution is -2.39. The Morgan fingerprint density at radius 3 is 3.00 bits per heavy atom. The second kappa shape index (κ2) is 3.77. The number of piperidine rings is 1. The van der Waals surface area contributed by atoms with Crippen LogP contribution in [0.25, 0.3) is 0 Å². The van der Waals surface area contributed by atoms with E-state index in [9.17, 15) is 0 Å². The quantitative estimate of drug-likeness (QED) is 0.577. The van der Waals surface area contributed by atoms with Gasteiger partial charge in [-0.1, -0.05) is 19.4 Å². The molecule has 1 fully saturated rings. The molecule has 1 heterocycles. The number of nitrogens with one attached hydrogen (secondary N) is 1. The summed E-state index contributed by atoms with van der Waals surface area (Å²) in [5.41, 5.74) is 0. The molecule has 1 heteroatoms. The summed E-state index contributed by atoms with van der Waals surface area (Å²) >= 11 is 0. The van der Waals surface area contributed by atoms with Crippen molar-refractivity contribution in [3.8, 4) is 0 Å². The van der Waals surface area contributed by atoms with Crippen molar-refractivity contribution >= 4 is 0 Å². The normalized spacial score (nSPS) is 33.7. The van der Waals surface area contributed by atoms with Crippen LogP contribution < -0.4 is 5.32 Å². The molecule has 0 aliphatic carbocycles. The molecule has 2 atom stereocenters. The van der Waals surface area contributed by atoms with Crippen molar-refractivity contribution in [2.24, 2.45) is 5.92 Å². The van der Waals surface area contributed by atoms with Crippen LogP contribution in [0.4, 0.5) is 0 Å². The Bertz CT molecular complexity index is 109. The molecule has 0 aromatic carbocycles. The molecule has 1 saturated heterocycles. The third-order valence-corrected chi connectivity index (χ3v) is 2.42. The van der Waals surface area contributed by atoms with E-state index in [1.54, 1.807) is 0 Å². The van der Waals surface area contributed by atoms with Crippen LogP contribution in [0.3, 0.4) is 0 Å². The number of hydrogen-bond donors (Lipinski definition) is 1. The fraction of sp³-hybridized carbons (Fsp3) is 0.778. The molecular weight excluding hydrogens is 122 g/mol. The molecule has 1 aliphatic heterocycles. The van der Waals surface area contributed by atoms with Crippen molar-refractivity contribution in [3.05, 3.63) is 12.7 Å². The van der Waals surface area contributed by atoms with Crippen LogP contribution in [0.15, 0.2) is 12.7 Å². The summed E-state index contributed by atoms with van der Waals surface area (Å²) in [4.78, 5) is 0. The monoisotopic (exact) mass is 139 g/mol. The fourth-order valence-corrected chi connectivity index (χ4v) is 1.71. The average molecular weight is 139 g/mol. The van der Waals surface area contributed by atoms with E-state index in [1.807, 2.05) is 6.08 Å². The highest BCUT2D eigenvalue weighted by Crippen LogP contribution is 2.19. The topological polar surface area (TPSA) is 12.0 Å². The van der Waals surface area contributed by atoms with E-state index in [-0.39, 0.29) is 0 Å². The van der Waals surface area contributed by atoms with Gasteiger partial charge in [0.1, 0.15) is 0 Å². The molecule has 0 amide bonds. The molecule has 1 aliphatic rings. The third-order valence-electron chi connectivity index (χ3n) is 2.42. The smallest absolute Gasteiger partial charge is 0.0275 e. The molecule has 0 radical (unpaired) electrons. The first-order valence-corrected chi connectivity index (χ1v) is 4.24. The lowest BCUT2D eigenvalue weighted by molar-refractivity contribution is 0.313. The van der Waals surface area contributed by atoms with E-state index < -0.39 is 0 Å². The maximum Gasteiger partial charge on any atom is 0.0275 e. The Balaban J connectivity index is 2.41. The zero-order chi connectivity index (χ0) is 7.40. The van der Waals surface area contributed by atoms with Crippen LogP contribution in [0, 0.1) is 5.92 Å². The van der Waals surface area contributed by atoms with Gasteiger partial charge in [-0.05, 0) is 25.3 Å². The van der Waals surface area contributed by atoms with Crippen molar-refractivity contribution in [2.45, 2.75) is 32.2 Å². The van der Waals surface area contributed by atoms with Crippen molar-refractivity contribution in [1.82, 2.24) is 5.32 Å². The van der Waals surface area contributed by atoms with Gasteiger partial charge in [0.2, 0.25) is 0 Å². The van der Waals surface area contributed by atoms with Gasteiger partial charge in [0.25, 0.3) is 0 Å². The summed E-state index contributed by atoms with van der Waals surface area (Å²) in [6.45, 7) is 7.25. The van der Waals surface area contributed by atoms with Gasteiger partial charge in [-0.2, -0.15) is 0 Å². The van der Waals surface area contributed by atoms with E-state index in [2.05, 4.69) is 18.8 Å². The first-order chi connectivity index (χ1) is 4.88. The Labute approximate surface area is 63.5 Å². The van der Waals surface area contributed by atoms with Crippen LogP contribution in [-0.4, -0.2) is 12.6 Å². The second-order valence-electron chi connectivity index (χ2n) is 3.03. The van der Waals surface area contributed by atoms with Crippen molar-refractivity contribution < 1.29 is 0 Å². The van der Waals surface area contributed by atoms with E-state index >= 15 is 0 Å². The summed E-state index contributed by atoms with van der Waals surface area (Å²) in [6, 6.07) is 0.582. The molecular formula is C9H17N. The number of rotatable bonds is 2. The predicted octanol–water partition coefficient (Wildman–Crippen LogP) is 1.95. The molecule has 0 unspecified atom stereocenters. The van der Waals surface area contributed by atoms with Crippen LogP contribution in [-0.2, 0) is 0 Å². The zero-order valence-corrected chi connectivity index (χ0v) is 6.77. The van der Waals surface area contributed by atoms with Gasteiger partial charge in [0, 0.05) is 6.04 Å². The summed E-state index contributed by atoms with van der Waals surface area (Å²) < 4.78 is 0. The standard InChI is InChI=1S/C9H17N/c1-3-8-6-5-7-10-9(8)4-2/h4,8-10H,2-3,5-7H2,1H3/t8-,9+/m1/s1. The first-order valence-electron chi connectivity index (χ1n) is 4.24. The molecule has 10 heavy (non-hydrogen) atoms. The van der Waals surface area contributed by atoms with E-state index in [0.717, 1.165) is 5.92 Å². The van der Waals surface area contributed by atoms with Crippen LogP contribution in [0.5, 0.6) is 0 Å². The SMILES string of the molecule is C=C[C@@H]1NCCC[C@H]1CC. The minimum atomic E-state index is 0.582. The van der Waals surface area contributed by atoms with Crippen LogP contribution in [0.2, 0.25) is 0 Å². The summed E-state index contributed by atoms with van der Waals surface area (Å²) in [6.07, 6.45) is 6.04. The maximum absolute atomic E-state index is 3.82. The van der Waals surface area contributed by atoms with Gasteiger partial charge in [-0.3, -0.25) is 0 Å². The third kappa shape index (κ3) is 1.60. The Hall–Kier alpha value is -0.300. The summed E-state index contributed by atoms with van der Waals surface area (Å²) in [5.74, 6) is 0.839. The lowest BCUT2D eigenvalue weighted by Gasteiger charge is -2.29. The van der Waals surface area contributed by atoms with E-state index in [4.69, 9.17) is 0 Å². The average Bonchev–Trinajstić information content (AvgIpc) is 2.04. The minimum absolute atomic E-state index is 0.582. The fourth-order valence-electron chi connectivity index (χ4n) is 1.71. The van der Waals surface area contributed by atoms with Crippen LogP contribution >= 0.6 is 0 Å². The predicted molar refractivity (Wildman–Crippen MR) is 45.0 cm³/mol. The molecule has 0 aromatic heterocycles. The largest absolute Gasteiger partial charge is 0.310 e. The Morgan fingerprint density at radius 2 is 2.50 bits per heavy atom. The van der Waals surface area contributed by atoms with Gasteiger partial charge in [-0.25, -0.2) is 0 Å². The lowest BCUT2D eigenvalue weighted by atomic mass is 9.89. The Kier molecular flexibility index (Phi) is 2.94. The van der Waals surface area contributed by atoms with E-state index in [0.29, 0.717) is 6.04 Å². The summed E-state index contributed by atoms with van der Waals surface area (Å²) in [5, 5.41) is 3.45. The zero-order valence-electron chi connectivity index (χ0n) is 6.77. The second-order valence-corrected chi connectivity index (χ2v) is 3.03. The molecule has 0 aromatic rings. The Morgan fingerprint density at radius 1 is 1.70 bits per heavy atom. The van der Waals surface area contributed by atoms with Crippen molar-refractivity contribution in [2.75, 3.05) is 6.54 Å². The van der Waals surface area contributed by atoms with Gasteiger partial charge in [-0.15, -0.1) is 6.58 Å². The van der Waals surface area contributed by atoms with Crippen molar-refractivity contribution in [3.63, 3.8) is 0 Å². The highest BCUT2D eigenvalue weighted by Gasteiger charge is 2.19. The molecule has 0 bridgehead atoms. The highest BCUT2D eigenvalue weighted by molar-refractivity contribution is 4.92. The van der Waals surface area contributed by atoms with Gasteiger partial charge < -0.3 is 5.32 Å². The molecule has 1 nitrogen and oxygen atoms in total. The van der Waals surface area contributed by atoms with Gasteiger partial charge in [0.15, 0.2) is 0 Å². The maximum atomic E-state index is 3.82. The molecule has 0 spiro atoms. The molecule has 58 valence electrons. The van der Waals surface area contributed by atoms with Crippen molar-refractivity contribution in [1.29, 1.82) is 0 Å². The van der Waals surface area contributed by atoms with Gasteiger partial charge >= 0.3 is 0 Å². The minimum Gasteiger partial charge on any atom is -0.310 e. The van der Waals surface area contributed by atoms with Gasteiger partial charge in [0.05, 0.1) is 0 Å². The number of hydrogen-bond acceptors (Lipinski definition) is 1. The highest BCUT2D eigenvalue weighted by atomic mass is 14.9.